The van der Waals surface area contributed by atoms with Crippen molar-refractivity contribution in [3.8, 4) is 5.75 Å². The van der Waals surface area contributed by atoms with Crippen molar-refractivity contribution in [2.45, 2.75) is 4.90 Å². The summed E-state index contributed by atoms with van der Waals surface area (Å²) in [5.74, 6) is 0.232. The lowest BCUT2D eigenvalue weighted by atomic mass is 10.2. The van der Waals surface area contributed by atoms with Gasteiger partial charge >= 0.3 is 0 Å². The SMILES string of the molecule is COc1cccc2sc(NC(=O)c3cccc(NS(=O)(=O)c4ccccc4)c3)nc12. The molecule has 0 spiro atoms. The van der Waals surface area contributed by atoms with E-state index in [4.69, 9.17) is 4.74 Å². The van der Waals surface area contributed by atoms with E-state index >= 15 is 0 Å². The predicted octanol–water partition coefficient (Wildman–Crippen LogP) is 4.36. The van der Waals surface area contributed by atoms with Gasteiger partial charge in [0.25, 0.3) is 15.9 Å². The molecule has 152 valence electrons. The van der Waals surface area contributed by atoms with E-state index in [1.54, 1.807) is 49.6 Å². The summed E-state index contributed by atoms with van der Waals surface area (Å²) in [6.45, 7) is 0. The molecule has 1 aromatic heterocycles. The van der Waals surface area contributed by atoms with Gasteiger partial charge in [-0.1, -0.05) is 41.7 Å². The molecule has 2 N–H and O–H groups in total. The maximum Gasteiger partial charge on any atom is 0.261 e. The average molecular weight is 440 g/mol. The minimum atomic E-state index is -3.75. The Morgan fingerprint density at radius 1 is 1.00 bits per heavy atom. The molecule has 0 bridgehead atoms. The molecule has 0 atom stereocenters. The Kier molecular flexibility index (Phi) is 5.39. The molecular formula is C21H17N3O4S2. The second-order valence-electron chi connectivity index (χ2n) is 6.28. The van der Waals surface area contributed by atoms with Gasteiger partial charge in [-0.3, -0.25) is 14.8 Å². The maximum absolute atomic E-state index is 12.7. The first-order chi connectivity index (χ1) is 14.5. The number of fused-ring (bicyclic) bond motifs is 1. The number of thiazole rings is 1. The summed E-state index contributed by atoms with van der Waals surface area (Å²) < 4.78 is 33.7. The number of hydrogen-bond acceptors (Lipinski definition) is 6. The van der Waals surface area contributed by atoms with Crippen LogP contribution in [-0.2, 0) is 10.0 Å². The first kappa shape index (κ1) is 19.9. The van der Waals surface area contributed by atoms with Gasteiger partial charge in [-0.15, -0.1) is 0 Å². The van der Waals surface area contributed by atoms with Crippen LogP contribution >= 0.6 is 11.3 Å². The standard InChI is InChI=1S/C21H17N3O4S2/c1-28-17-11-6-12-18-19(17)22-21(29-18)23-20(25)14-7-5-8-15(13-14)24-30(26,27)16-9-3-2-4-10-16/h2-13,24H,1H3,(H,22,23,25). The summed E-state index contributed by atoms with van der Waals surface area (Å²) in [5, 5.41) is 3.18. The highest BCUT2D eigenvalue weighted by molar-refractivity contribution is 7.92. The van der Waals surface area contributed by atoms with Crippen LogP contribution in [0.1, 0.15) is 10.4 Å². The molecule has 9 heteroatoms. The van der Waals surface area contributed by atoms with Crippen molar-refractivity contribution in [1.29, 1.82) is 0 Å². The van der Waals surface area contributed by atoms with Crippen molar-refractivity contribution in [3.63, 3.8) is 0 Å². The van der Waals surface area contributed by atoms with Crippen LogP contribution in [0, 0.1) is 0 Å². The molecule has 4 aromatic rings. The minimum Gasteiger partial charge on any atom is -0.494 e. The smallest absolute Gasteiger partial charge is 0.261 e. The van der Waals surface area contributed by atoms with Crippen LogP contribution in [0.2, 0.25) is 0 Å². The maximum atomic E-state index is 12.7. The number of benzene rings is 3. The molecule has 30 heavy (non-hydrogen) atoms. The first-order valence-corrected chi connectivity index (χ1v) is 11.2. The molecule has 7 nitrogen and oxygen atoms in total. The lowest BCUT2D eigenvalue weighted by Gasteiger charge is -2.09. The quantitative estimate of drug-likeness (QED) is 0.465. The highest BCUT2D eigenvalue weighted by Gasteiger charge is 2.16. The van der Waals surface area contributed by atoms with Crippen LogP contribution in [0.3, 0.4) is 0 Å². The number of para-hydroxylation sites is 1. The third-order valence-electron chi connectivity index (χ3n) is 4.25. The highest BCUT2D eigenvalue weighted by atomic mass is 32.2. The fraction of sp³-hybridized carbons (Fsp3) is 0.0476. The van der Waals surface area contributed by atoms with Crippen LogP contribution in [0.5, 0.6) is 5.75 Å². The van der Waals surface area contributed by atoms with Gasteiger partial charge in [-0.05, 0) is 42.5 Å². The molecule has 0 aliphatic rings. The first-order valence-electron chi connectivity index (χ1n) is 8.89. The summed E-state index contributed by atoms with van der Waals surface area (Å²) in [7, 11) is -2.18. The van der Waals surface area contributed by atoms with E-state index in [-0.39, 0.29) is 10.6 Å². The van der Waals surface area contributed by atoms with Gasteiger partial charge in [0.1, 0.15) is 11.3 Å². The van der Waals surface area contributed by atoms with Gasteiger partial charge < -0.3 is 4.74 Å². The van der Waals surface area contributed by atoms with Crippen LogP contribution in [-0.4, -0.2) is 26.4 Å². The van der Waals surface area contributed by atoms with Crippen molar-refractivity contribution in [2.24, 2.45) is 0 Å². The van der Waals surface area contributed by atoms with Crippen molar-refractivity contribution >= 4 is 48.3 Å². The zero-order valence-corrected chi connectivity index (χ0v) is 17.5. The summed E-state index contributed by atoms with van der Waals surface area (Å²) >= 11 is 1.33. The Hall–Kier alpha value is -3.43. The Bertz CT molecular complexity index is 1320. The summed E-state index contributed by atoms with van der Waals surface area (Å²) in [6.07, 6.45) is 0. The normalized spacial score (nSPS) is 11.2. The van der Waals surface area contributed by atoms with Gasteiger partial charge in [0.05, 0.1) is 16.7 Å². The van der Waals surface area contributed by atoms with Gasteiger partial charge in [-0.2, -0.15) is 0 Å². The van der Waals surface area contributed by atoms with Crippen molar-refractivity contribution in [1.82, 2.24) is 4.98 Å². The molecule has 0 unspecified atom stereocenters. The van der Waals surface area contributed by atoms with Gasteiger partial charge in [0, 0.05) is 11.3 Å². The Morgan fingerprint density at radius 2 is 1.77 bits per heavy atom. The second kappa shape index (κ2) is 8.13. The lowest BCUT2D eigenvalue weighted by Crippen LogP contribution is -2.15. The van der Waals surface area contributed by atoms with Gasteiger partial charge in [0.15, 0.2) is 5.13 Å². The third kappa shape index (κ3) is 4.12. The number of carbonyl (C=O) groups is 1. The topological polar surface area (TPSA) is 97.4 Å². The molecule has 0 radical (unpaired) electrons. The number of hydrogen-bond donors (Lipinski definition) is 2. The fourth-order valence-electron chi connectivity index (χ4n) is 2.85. The fourth-order valence-corrected chi connectivity index (χ4v) is 4.80. The number of nitrogens with zero attached hydrogens (tertiary/aromatic N) is 1. The number of sulfonamides is 1. The zero-order valence-electron chi connectivity index (χ0n) is 15.8. The van der Waals surface area contributed by atoms with Gasteiger partial charge in [0.2, 0.25) is 0 Å². The van der Waals surface area contributed by atoms with E-state index in [1.165, 1.54) is 29.5 Å². The van der Waals surface area contributed by atoms with E-state index in [9.17, 15) is 13.2 Å². The number of nitrogens with one attached hydrogen (secondary N) is 2. The van der Waals surface area contributed by atoms with Crippen LogP contribution in [0.15, 0.2) is 77.7 Å². The largest absolute Gasteiger partial charge is 0.494 e. The average Bonchev–Trinajstić information content (AvgIpc) is 3.16. The number of carbonyl (C=O) groups excluding carboxylic acids is 1. The molecule has 0 fully saturated rings. The molecule has 0 aliphatic carbocycles. The number of aromatic nitrogens is 1. The number of anilines is 2. The van der Waals surface area contributed by atoms with E-state index < -0.39 is 15.9 Å². The Balaban J connectivity index is 1.54. The predicted molar refractivity (Wildman–Crippen MR) is 118 cm³/mol. The molecule has 0 saturated carbocycles. The van der Waals surface area contributed by atoms with E-state index in [2.05, 4.69) is 15.0 Å². The number of rotatable bonds is 6. The molecule has 3 aromatic carbocycles. The molecule has 1 amide bonds. The molecule has 0 aliphatic heterocycles. The number of ether oxygens (including phenoxy) is 1. The summed E-state index contributed by atoms with van der Waals surface area (Å²) in [5.41, 5.74) is 1.26. The molecule has 4 rings (SSSR count). The molecule has 0 saturated heterocycles. The summed E-state index contributed by atoms with van der Waals surface area (Å²) in [4.78, 5) is 17.2. The van der Waals surface area contributed by atoms with Crippen molar-refractivity contribution in [3.05, 3.63) is 78.4 Å². The van der Waals surface area contributed by atoms with Gasteiger partial charge in [-0.25, -0.2) is 13.4 Å². The van der Waals surface area contributed by atoms with Crippen molar-refractivity contribution < 1.29 is 17.9 Å². The number of methoxy groups -OCH3 is 1. The third-order valence-corrected chi connectivity index (χ3v) is 6.59. The molecule has 1 heterocycles. The lowest BCUT2D eigenvalue weighted by molar-refractivity contribution is 0.102. The Morgan fingerprint density at radius 3 is 2.53 bits per heavy atom. The van der Waals surface area contributed by atoms with Crippen LogP contribution in [0.4, 0.5) is 10.8 Å². The highest BCUT2D eigenvalue weighted by Crippen LogP contribution is 2.32. The minimum absolute atomic E-state index is 0.142. The monoisotopic (exact) mass is 439 g/mol. The summed E-state index contributed by atoms with van der Waals surface area (Å²) in [6, 6.07) is 19.8. The second-order valence-corrected chi connectivity index (χ2v) is 8.99. The Labute approximate surface area is 177 Å². The van der Waals surface area contributed by atoms with E-state index in [0.717, 1.165) is 4.70 Å². The van der Waals surface area contributed by atoms with Crippen LogP contribution in [0.25, 0.3) is 10.2 Å². The number of amides is 1. The molecular weight excluding hydrogens is 422 g/mol. The van der Waals surface area contributed by atoms with E-state index in [1.807, 2.05) is 12.1 Å². The van der Waals surface area contributed by atoms with Crippen LogP contribution < -0.4 is 14.8 Å². The van der Waals surface area contributed by atoms with E-state index in [0.29, 0.717) is 22.0 Å². The van der Waals surface area contributed by atoms with Crippen molar-refractivity contribution in [2.75, 3.05) is 17.1 Å². The zero-order chi connectivity index (χ0) is 21.1.